The van der Waals surface area contributed by atoms with Gasteiger partial charge in [0.15, 0.2) is 0 Å². The summed E-state index contributed by atoms with van der Waals surface area (Å²) >= 11 is 0. The highest BCUT2D eigenvalue weighted by molar-refractivity contribution is 6.06. The Bertz CT molecular complexity index is 1130. The molecule has 1 aliphatic carbocycles. The SMILES string of the molecule is CNC(=O)NC(=O)[C@H](OC(=O)c1c2c(nc3ccccc13)CCC2)c1ccccc1. The number of carbonyl (C=O) groups is 3. The van der Waals surface area contributed by atoms with Crippen LogP contribution in [-0.4, -0.2) is 29.9 Å². The molecule has 30 heavy (non-hydrogen) atoms. The highest BCUT2D eigenvalue weighted by Gasteiger charge is 2.30. The second-order valence-corrected chi connectivity index (χ2v) is 7.05. The van der Waals surface area contributed by atoms with Crippen molar-refractivity contribution < 1.29 is 19.1 Å². The number of hydrogen-bond acceptors (Lipinski definition) is 5. The largest absolute Gasteiger partial charge is 0.444 e. The monoisotopic (exact) mass is 403 g/mol. The molecule has 1 heterocycles. The average molecular weight is 403 g/mol. The number of amides is 3. The number of rotatable bonds is 4. The van der Waals surface area contributed by atoms with Crippen molar-refractivity contribution in [2.45, 2.75) is 25.4 Å². The quantitative estimate of drug-likeness (QED) is 0.653. The van der Waals surface area contributed by atoms with Gasteiger partial charge < -0.3 is 10.1 Å². The van der Waals surface area contributed by atoms with Crippen molar-refractivity contribution in [2.75, 3.05) is 7.05 Å². The summed E-state index contributed by atoms with van der Waals surface area (Å²) in [6.07, 6.45) is 1.19. The lowest BCUT2D eigenvalue weighted by molar-refractivity contribution is -0.129. The molecular formula is C23H21N3O4. The van der Waals surface area contributed by atoms with Crippen LogP contribution in [-0.2, 0) is 22.4 Å². The summed E-state index contributed by atoms with van der Waals surface area (Å²) in [6.45, 7) is 0. The number of aryl methyl sites for hydroxylation is 1. The molecule has 1 atom stereocenters. The predicted molar refractivity (Wildman–Crippen MR) is 111 cm³/mol. The van der Waals surface area contributed by atoms with Crippen LogP contribution in [0, 0.1) is 0 Å². The number of hydrogen-bond donors (Lipinski definition) is 2. The zero-order valence-electron chi connectivity index (χ0n) is 16.5. The van der Waals surface area contributed by atoms with Gasteiger partial charge in [-0.1, -0.05) is 48.5 Å². The van der Waals surface area contributed by atoms with Crippen LogP contribution in [0.1, 0.15) is 39.7 Å². The Hall–Kier alpha value is -3.74. The van der Waals surface area contributed by atoms with Crippen LogP contribution in [0.25, 0.3) is 10.9 Å². The number of ether oxygens (including phenoxy) is 1. The Morgan fingerprint density at radius 1 is 1.00 bits per heavy atom. The molecule has 1 aromatic heterocycles. The number of para-hydroxylation sites is 1. The molecule has 0 radical (unpaired) electrons. The number of nitrogens with one attached hydrogen (secondary N) is 2. The fourth-order valence-electron chi connectivity index (χ4n) is 3.75. The molecule has 0 bridgehead atoms. The standard InChI is InChI=1S/C23H21N3O4/c1-24-23(29)26-21(27)20(14-8-3-2-4-9-14)30-22(28)19-15-10-5-6-12-17(15)25-18-13-7-11-16(18)19/h2-6,8-10,12,20H,7,11,13H2,1H3,(H2,24,26,27,29)/t20-/m1/s1. The number of nitrogens with zero attached hydrogens (tertiary/aromatic N) is 1. The summed E-state index contributed by atoms with van der Waals surface area (Å²) in [5, 5.41) is 5.22. The first-order valence-electron chi connectivity index (χ1n) is 9.77. The topological polar surface area (TPSA) is 97.4 Å². The lowest BCUT2D eigenvalue weighted by Gasteiger charge is -2.19. The number of esters is 1. The molecule has 0 saturated carbocycles. The number of carbonyl (C=O) groups excluding carboxylic acids is 3. The summed E-state index contributed by atoms with van der Waals surface area (Å²) in [4.78, 5) is 42.4. The summed E-state index contributed by atoms with van der Waals surface area (Å²) in [5.74, 6) is -1.32. The van der Waals surface area contributed by atoms with Gasteiger partial charge in [0.05, 0.1) is 11.1 Å². The summed E-state index contributed by atoms with van der Waals surface area (Å²) in [5.41, 5.74) is 3.41. The smallest absolute Gasteiger partial charge is 0.340 e. The molecule has 0 aliphatic heterocycles. The first kappa shape index (κ1) is 19.6. The maximum absolute atomic E-state index is 13.3. The molecule has 4 rings (SSSR count). The van der Waals surface area contributed by atoms with E-state index in [1.54, 1.807) is 30.3 Å². The average Bonchev–Trinajstić information content (AvgIpc) is 3.23. The number of benzene rings is 2. The zero-order chi connectivity index (χ0) is 21.1. The molecular weight excluding hydrogens is 382 g/mol. The Morgan fingerprint density at radius 2 is 1.73 bits per heavy atom. The number of pyridine rings is 1. The van der Waals surface area contributed by atoms with E-state index < -0.39 is 24.0 Å². The lowest BCUT2D eigenvalue weighted by Crippen LogP contribution is -2.41. The van der Waals surface area contributed by atoms with E-state index in [4.69, 9.17) is 4.74 Å². The minimum Gasteiger partial charge on any atom is -0.444 e. The van der Waals surface area contributed by atoms with Gasteiger partial charge >= 0.3 is 12.0 Å². The second-order valence-electron chi connectivity index (χ2n) is 7.05. The molecule has 7 heteroatoms. The third-order valence-electron chi connectivity index (χ3n) is 5.15. The molecule has 152 valence electrons. The molecule has 0 saturated heterocycles. The number of aromatic nitrogens is 1. The van der Waals surface area contributed by atoms with Gasteiger partial charge in [-0.05, 0) is 30.9 Å². The molecule has 3 amide bonds. The predicted octanol–water partition coefficient (Wildman–Crippen LogP) is 3.08. The van der Waals surface area contributed by atoms with Gasteiger partial charge in [0.2, 0.25) is 6.10 Å². The minimum atomic E-state index is -1.26. The lowest BCUT2D eigenvalue weighted by atomic mass is 10.0. The summed E-state index contributed by atoms with van der Waals surface area (Å²) in [6, 6.07) is 15.4. The second kappa shape index (κ2) is 8.32. The van der Waals surface area contributed by atoms with Gasteiger partial charge in [0.1, 0.15) is 0 Å². The molecule has 2 aromatic carbocycles. The molecule has 0 spiro atoms. The molecule has 1 aliphatic rings. The highest BCUT2D eigenvalue weighted by atomic mass is 16.5. The zero-order valence-corrected chi connectivity index (χ0v) is 16.5. The summed E-state index contributed by atoms with van der Waals surface area (Å²) in [7, 11) is 1.40. The van der Waals surface area contributed by atoms with E-state index in [-0.39, 0.29) is 0 Å². The van der Waals surface area contributed by atoms with Gasteiger partial charge in [-0.2, -0.15) is 0 Å². The number of urea groups is 1. The van der Waals surface area contributed by atoms with E-state index in [9.17, 15) is 14.4 Å². The van der Waals surface area contributed by atoms with Crippen molar-refractivity contribution in [1.82, 2.24) is 15.6 Å². The molecule has 2 N–H and O–H groups in total. The Labute approximate surface area is 173 Å². The number of imide groups is 1. The first-order valence-corrected chi connectivity index (χ1v) is 9.77. The van der Waals surface area contributed by atoms with Crippen molar-refractivity contribution in [1.29, 1.82) is 0 Å². The van der Waals surface area contributed by atoms with Gasteiger partial charge in [0, 0.05) is 23.7 Å². The first-order chi connectivity index (χ1) is 14.6. The van der Waals surface area contributed by atoms with Gasteiger partial charge in [-0.3, -0.25) is 15.1 Å². The third-order valence-corrected chi connectivity index (χ3v) is 5.15. The van der Waals surface area contributed by atoms with Crippen molar-refractivity contribution >= 4 is 28.8 Å². The summed E-state index contributed by atoms with van der Waals surface area (Å²) < 4.78 is 5.70. The molecule has 0 fully saturated rings. The van der Waals surface area contributed by atoms with Gasteiger partial charge in [-0.15, -0.1) is 0 Å². The van der Waals surface area contributed by atoms with Crippen LogP contribution in [0.2, 0.25) is 0 Å². The molecule has 3 aromatic rings. The highest BCUT2D eigenvalue weighted by Crippen LogP contribution is 2.32. The maximum Gasteiger partial charge on any atom is 0.340 e. The molecule has 7 nitrogen and oxygen atoms in total. The Balaban J connectivity index is 1.73. The maximum atomic E-state index is 13.3. The van der Waals surface area contributed by atoms with E-state index in [1.807, 2.05) is 24.3 Å². The normalized spacial score (nSPS) is 13.4. The Morgan fingerprint density at radius 3 is 2.50 bits per heavy atom. The van der Waals surface area contributed by atoms with Crippen molar-refractivity contribution in [3.05, 3.63) is 77.0 Å². The van der Waals surface area contributed by atoms with Gasteiger partial charge in [-0.25, -0.2) is 9.59 Å². The van der Waals surface area contributed by atoms with E-state index in [2.05, 4.69) is 15.6 Å². The van der Waals surface area contributed by atoms with Crippen LogP contribution in [0.15, 0.2) is 54.6 Å². The van der Waals surface area contributed by atoms with E-state index in [1.165, 1.54) is 7.05 Å². The third kappa shape index (κ3) is 3.74. The van der Waals surface area contributed by atoms with Crippen molar-refractivity contribution in [2.24, 2.45) is 0 Å². The van der Waals surface area contributed by atoms with Crippen LogP contribution in [0.5, 0.6) is 0 Å². The van der Waals surface area contributed by atoms with Crippen LogP contribution < -0.4 is 10.6 Å². The number of fused-ring (bicyclic) bond motifs is 2. The fourth-order valence-corrected chi connectivity index (χ4v) is 3.75. The van der Waals surface area contributed by atoms with Crippen LogP contribution in [0.3, 0.4) is 0 Å². The van der Waals surface area contributed by atoms with Crippen LogP contribution >= 0.6 is 0 Å². The van der Waals surface area contributed by atoms with Crippen molar-refractivity contribution in [3.63, 3.8) is 0 Å². The van der Waals surface area contributed by atoms with E-state index in [0.29, 0.717) is 16.5 Å². The fraction of sp³-hybridized carbons (Fsp3) is 0.217. The van der Waals surface area contributed by atoms with Crippen molar-refractivity contribution in [3.8, 4) is 0 Å². The van der Waals surface area contributed by atoms with Crippen LogP contribution in [0.4, 0.5) is 4.79 Å². The minimum absolute atomic E-state index is 0.446. The van der Waals surface area contributed by atoms with E-state index >= 15 is 0 Å². The van der Waals surface area contributed by atoms with Gasteiger partial charge in [0.25, 0.3) is 5.91 Å². The van der Waals surface area contributed by atoms with E-state index in [0.717, 1.165) is 36.0 Å². The Kier molecular flexibility index (Phi) is 5.43. The molecule has 0 unspecified atom stereocenters.